The normalized spacial score (nSPS) is 17.1. The van der Waals surface area contributed by atoms with Gasteiger partial charge >= 0.3 is 0 Å². The number of rotatable bonds is 4. The van der Waals surface area contributed by atoms with E-state index in [4.69, 9.17) is 0 Å². The minimum absolute atomic E-state index is 0.602. The number of pyridine rings is 1. The van der Waals surface area contributed by atoms with E-state index in [9.17, 15) is 0 Å². The zero-order valence-corrected chi connectivity index (χ0v) is 10.5. The third-order valence-corrected chi connectivity index (χ3v) is 3.73. The van der Waals surface area contributed by atoms with Crippen molar-refractivity contribution in [2.45, 2.75) is 25.8 Å². The number of aromatic nitrogens is 1. The Morgan fingerprint density at radius 3 is 2.81 bits per heavy atom. The fourth-order valence-corrected chi connectivity index (χ4v) is 2.95. The second-order valence-electron chi connectivity index (χ2n) is 3.97. The number of nitrogens with zero attached hydrogens (tertiary/aromatic N) is 1. The van der Waals surface area contributed by atoms with Gasteiger partial charge in [-0.05, 0) is 43.4 Å². The van der Waals surface area contributed by atoms with Gasteiger partial charge in [-0.1, -0.05) is 6.07 Å². The Kier molecular flexibility index (Phi) is 4.34. The third kappa shape index (κ3) is 3.30. The van der Waals surface area contributed by atoms with E-state index in [2.05, 4.69) is 22.5 Å². The summed E-state index contributed by atoms with van der Waals surface area (Å²) < 4.78 is 0. The van der Waals surface area contributed by atoms with Crippen LogP contribution in [-0.2, 0) is 0 Å². The minimum atomic E-state index is 0.602. The SMILES string of the molecule is CCNc1cccc(NC2CCSCC2)n1. The maximum atomic E-state index is 4.53. The Morgan fingerprint density at radius 1 is 1.31 bits per heavy atom. The summed E-state index contributed by atoms with van der Waals surface area (Å²) >= 11 is 2.05. The lowest BCUT2D eigenvalue weighted by molar-refractivity contribution is 0.664. The molecule has 1 aliphatic rings. The molecule has 0 spiro atoms. The van der Waals surface area contributed by atoms with Gasteiger partial charge in [-0.15, -0.1) is 0 Å². The van der Waals surface area contributed by atoms with Gasteiger partial charge in [0.2, 0.25) is 0 Å². The summed E-state index contributed by atoms with van der Waals surface area (Å²) in [6.07, 6.45) is 2.50. The van der Waals surface area contributed by atoms with E-state index in [1.165, 1.54) is 24.3 Å². The van der Waals surface area contributed by atoms with Crippen molar-refractivity contribution in [2.24, 2.45) is 0 Å². The van der Waals surface area contributed by atoms with Crippen LogP contribution in [0.3, 0.4) is 0 Å². The largest absolute Gasteiger partial charge is 0.370 e. The maximum absolute atomic E-state index is 4.53. The molecule has 1 saturated heterocycles. The zero-order valence-electron chi connectivity index (χ0n) is 9.70. The highest BCUT2D eigenvalue weighted by Gasteiger charge is 2.13. The van der Waals surface area contributed by atoms with Crippen molar-refractivity contribution < 1.29 is 0 Å². The number of anilines is 2. The van der Waals surface area contributed by atoms with Gasteiger partial charge in [0.25, 0.3) is 0 Å². The van der Waals surface area contributed by atoms with Crippen LogP contribution >= 0.6 is 11.8 Å². The molecule has 2 heterocycles. The Hall–Kier alpha value is -0.900. The molecule has 1 aliphatic heterocycles. The average molecular weight is 237 g/mol. The van der Waals surface area contributed by atoms with Gasteiger partial charge in [-0.2, -0.15) is 11.8 Å². The highest BCUT2D eigenvalue weighted by atomic mass is 32.2. The molecule has 0 unspecified atom stereocenters. The van der Waals surface area contributed by atoms with Crippen LogP contribution in [0.4, 0.5) is 11.6 Å². The molecule has 0 radical (unpaired) electrons. The fourth-order valence-electron chi connectivity index (χ4n) is 1.85. The second-order valence-corrected chi connectivity index (χ2v) is 5.19. The summed E-state index contributed by atoms with van der Waals surface area (Å²) in [6, 6.07) is 6.70. The lowest BCUT2D eigenvalue weighted by atomic mass is 10.1. The van der Waals surface area contributed by atoms with E-state index in [0.717, 1.165) is 18.2 Å². The van der Waals surface area contributed by atoms with Crippen LogP contribution in [0.15, 0.2) is 18.2 Å². The molecule has 1 aromatic heterocycles. The molecular weight excluding hydrogens is 218 g/mol. The van der Waals surface area contributed by atoms with Gasteiger partial charge in [0, 0.05) is 12.6 Å². The van der Waals surface area contributed by atoms with Crippen LogP contribution in [0.1, 0.15) is 19.8 Å². The molecule has 0 atom stereocenters. The zero-order chi connectivity index (χ0) is 11.2. The van der Waals surface area contributed by atoms with Gasteiger partial charge in [-0.25, -0.2) is 4.98 Å². The maximum Gasteiger partial charge on any atom is 0.128 e. The predicted octanol–water partition coefficient (Wildman–Crippen LogP) is 2.82. The Balaban J connectivity index is 1.94. The van der Waals surface area contributed by atoms with Gasteiger partial charge in [0.15, 0.2) is 0 Å². The first-order chi connectivity index (χ1) is 7.88. The molecule has 0 aliphatic carbocycles. The van der Waals surface area contributed by atoms with Crippen LogP contribution < -0.4 is 10.6 Å². The summed E-state index contributed by atoms with van der Waals surface area (Å²) in [5.41, 5.74) is 0. The second kappa shape index (κ2) is 5.99. The van der Waals surface area contributed by atoms with Crippen LogP contribution in [0.2, 0.25) is 0 Å². The molecule has 3 nitrogen and oxygen atoms in total. The molecule has 0 saturated carbocycles. The molecular formula is C12H19N3S. The van der Waals surface area contributed by atoms with Crippen molar-refractivity contribution in [3.05, 3.63) is 18.2 Å². The quantitative estimate of drug-likeness (QED) is 0.844. The van der Waals surface area contributed by atoms with Gasteiger partial charge in [0.1, 0.15) is 11.6 Å². The minimum Gasteiger partial charge on any atom is -0.370 e. The smallest absolute Gasteiger partial charge is 0.128 e. The molecule has 88 valence electrons. The van der Waals surface area contributed by atoms with Crippen LogP contribution in [0, 0.1) is 0 Å². The molecule has 4 heteroatoms. The molecule has 2 N–H and O–H groups in total. The van der Waals surface area contributed by atoms with E-state index in [0.29, 0.717) is 6.04 Å². The topological polar surface area (TPSA) is 37.0 Å². The van der Waals surface area contributed by atoms with Crippen molar-refractivity contribution in [1.82, 2.24) is 4.98 Å². The third-order valence-electron chi connectivity index (χ3n) is 2.68. The average Bonchev–Trinajstić information content (AvgIpc) is 2.31. The summed E-state index contributed by atoms with van der Waals surface area (Å²) in [5, 5.41) is 6.75. The molecule has 0 aromatic carbocycles. The molecule has 0 bridgehead atoms. The standard InChI is InChI=1S/C12H19N3S/c1-2-13-11-4-3-5-12(15-11)14-10-6-8-16-9-7-10/h3-5,10H,2,6-9H2,1H3,(H2,13,14,15). The number of hydrogen-bond donors (Lipinski definition) is 2. The summed E-state index contributed by atoms with van der Waals surface area (Å²) in [6.45, 7) is 3.00. The molecule has 16 heavy (non-hydrogen) atoms. The first-order valence-corrected chi connectivity index (χ1v) is 7.09. The Morgan fingerprint density at radius 2 is 2.06 bits per heavy atom. The first-order valence-electron chi connectivity index (χ1n) is 5.93. The van der Waals surface area contributed by atoms with Crippen LogP contribution in [0.25, 0.3) is 0 Å². The lowest BCUT2D eigenvalue weighted by Crippen LogP contribution is -2.25. The Bertz CT molecular complexity index is 324. The van der Waals surface area contributed by atoms with E-state index < -0.39 is 0 Å². The highest BCUT2D eigenvalue weighted by Crippen LogP contribution is 2.20. The van der Waals surface area contributed by atoms with Crippen LogP contribution in [0.5, 0.6) is 0 Å². The van der Waals surface area contributed by atoms with Crippen molar-refractivity contribution in [1.29, 1.82) is 0 Å². The predicted molar refractivity (Wildman–Crippen MR) is 72.4 cm³/mol. The molecule has 1 aromatic rings. The van der Waals surface area contributed by atoms with Crippen molar-refractivity contribution in [3.8, 4) is 0 Å². The Labute approximate surface area is 101 Å². The number of nitrogens with one attached hydrogen (secondary N) is 2. The summed E-state index contributed by atoms with van der Waals surface area (Å²) in [7, 11) is 0. The molecule has 2 rings (SSSR count). The number of hydrogen-bond acceptors (Lipinski definition) is 4. The van der Waals surface area contributed by atoms with Crippen molar-refractivity contribution in [2.75, 3.05) is 28.7 Å². The molecule has 1 fully saturated rings. The van der Waals surface area contributed by atoms with E-state index in [1.54, 1.807) is 0 Å². The van der Waals surface area contributed by atoms with E-state index >= 15 is 0 Å². The lowest BCUT2D eigenvalue weighted by Gasteiger charge is -2.23. The van der Waals surface area contributed by atoms with Crippen molar-refractivity contribution >= 4 is 23.4 Å². The van der Waals surface area contributed by atoms with Crippen LogP contribution in [-0.4, -0.2) is 29.1 Å². The van der Waals surface area contributed by atoms with E-state index in [-0.39, 0.29) is 0 Å². The first kappa shape index (κ1) is 11.6. The van der Waals surface area contributed by atoms with Gasteiger partial charge in [0.05, 0.1) is 0 Å². The summed E-state index contributed by atoms with van der Waals surface area (Å²) in [4.78, 5) is 4.53. The van der Waals surface area contributed by atoms with Crippen molar-refractivity contribution in [3.63, 3.8) is 0 Å². The van der Waals surface area contributed by atoms with Gasteiger partial charge < -0.3 is 10.6 Å². The fraction of sp³-hybridized carbons (Fsp3) is 0.583. The molecule has 0 amide bonds. The monoisotopic (exact) mass is 237 g/mol. The van der Waals surface area contributed by atoms with Gasteiger partial charge in [-0.3, -0.25) is 0 Å². The number of thioether (sulfide) groups is 1. The van der Waals surface area contributed by atoms with E-state index in [1.807, 2.05) is 30.0 Å². The summed E-state index contributed by atoms with van der Waals surface area (Å²) in [5.74, 6) is 4.49. The highest BCUT2D eigenvalue weighted by molar-refractivity contribution is 7.99.